The lowest BCUT2D eigenvalue weighted by Gasteiger charge is -2.16. The van der Waals surface area contributed by atoms with Gasteiger partial charge in [0.1, 0.15) is 11.6 Å². The van der Waals surface area contributed by atoms with Crippen LogP contribution in [-0.2, 0) is 12.8 Å². The van der Waals surface area contributed by atoms with Crippen molar-refractivity contribution in [2.75, 3.05) is 0 Å². The molecule has 0 spiro atoms. The molecule has 0 fully saturated rings. The second-order valence-electron chi connectivity index (χ2n) is 5.09. The molecule has 0 aromatic heterocycles. The number of benzene rings is 2. The fraction of sp³-hybridized carbons (Fsp3) is 0.250. The highest BCUT2D eigenvalue weighted by Gasteiger charge is 2.30. The Morgan fingerprint density at radius 1 is 1.00 bits per heavy atom. The van der Waals surface area contributed by atoms with Gasteiger partial charge in [-0.1, -0.05) is 30.3 Å². The molecular formula is C16H15F2N. The van der Waals surface area contributed by atoms with E-state index in [2.05, 4.69) is 0 Å². The molecule has 1 aliphatic carbocycles. The van der Waals surface area contributed by atoms with E-state index in [1.165, 1.54) is 23.8 Å². The van der Waals surface area contributed by atoms with Gasteiger partial charge < -0.3 is 5.73 Å². The fourth-order valence-corrected chi connectivity index (χ4v) is 2.90. The first kappa shape index (κ1) is 12.3. The van der Waals surface area contributed by atoms with Gasteiger partial charge in [-0.15, -0.1) is 0 Å². The molecule has 2 aromatic carbocycles. The van der Waals surface area contributed by atoms with Crippen molar-refractivity contribution in [3.63, 3.8) is 0 Å². The molecule has 98 valence electrons. The van der Waals surface area contributed by atoms with Crippen LogP contribution in [0.1, 0.15) is 22.7 Å². The number of rotatable bonds is 2. The van der Waals surface area contributed by atoms with Crippen LogP contribution in [0.25, 0.3) is 0 Å². The van der Waals surface area contributed by atoms with Crippen LogP contribution in [0.2, 0.25) is 0 Å². The first-order valence-corrected chi connectivity index (χ1v) is 6.43. The molecule has 0 saturated heterocycles. The third-order valence-electron chi connectivity index (χ3n) is 3.93. The minimum atomic E-state index is -0.483. The molecule has 0 aliphatic heterocycles. The van der Waals surface area contributed by atoms with Gasteiger partial charge in [-0.3, -0.25) is 0 Å². The van der Waals surface area contributed by atoms with Gasteiger partial charge in [0, 0.05) is 11.6 Å². The third kappa shape index (κ3) is 2.15. The molecule has 0 radical (unpaired) electrons. The lowest BCUT2D eigenvalue weighted by Crippen LogP contribution is -2.20. The second kappa shape index (κ2) is 4.74. The van der Waals surface area contributed by atoms with Crippen LogP contribution in [0.3, 0.4) is 0 Å². The minimum absolute atomic E-state index is 0.0591. The summed E-state index contributed by atoms with van der Waals surface area (Å²) in [4.78, 5) is 0. The Morgan fingerprint density at radius 3 is 2.37 bits per heavy atom. The Labute approximate surface area is 111 Å². The topological polar surface area (TPSA) is 26.0 Å². The molecule has 0 heterocycles. The average Bonchev–Trinajstić information content (AvgIpc) is 2.72. The highest BCUT2D eigenvalue weighted by atomic mass is 19.1. The predicted octanol–water partition coefficient (Wildman–Crippen LogP) is 3.38. The number of halogens is 2. The van der Waals surface area contributed by atoms with E-state index in [-0.39, 0.29) is 17.5 Å². The molecule has 1 aliphatic rings. The van der Waals surface area contributed by atoms with Crippen molar-refractivity contribution in [3.8, 4) is 0 Å². The molecule has 2 aromatic rings. The van der Waals surface area contributed by atoms with Gasteiger partial charge in [0.15, 0.2) is 0 Å². The molecule has 2 atom stereocenters. The maximum atomic E-state index is 13.7. The lowest BCUT2D eigenvalue weighted by molar-refractivity contribution is 0.440. The summed E-state index contributed by atoms with van der Waals surface area (Å²) in [6.07, 6.45) is 1.12. The molecule has 2 N–H and O–H groups in total. The number of fused-ring (bicyclic) bond motifs is 1. The number of hydrogen-bond donors (Lipinski definition) is 1. The van der Waals surface area contributed by atoms with Crippen molar-refractivity contribution >= 4 is 0 Å². The van der Waals surface area contributed by atoms with Crippen molar-refractivity contribution in [2.45, 2.75) is 18.9 Å². The maximum Gasteiger partial charge on any atom is 0.129 e. The van der Waals surface area contributed by atoms with Gasteiger partial charge in [0.05, 0.1) is 0 Å². The van der Waals surface area contributed by atoms with Crippen molar-refractivity contribution in [1.82, 2.24) is 0 Å². The van der Waals surface area contributed by atoms with E-state index in [1.54, 1.807) is 0 Å². The van der Waals surface area contributed by atoms with E-state index in [1.807, 2.05) is 24.3 Å². The van der Waals surface area contributed by atoms with Crippen LogP contribution in [-0.4, -0.2) is 0 Å². The van der Waals surface area contributed by atoms with Gasteiger partial charge in [-0.2, -0.15) is 0 Å². The number of hydrogen-bond acceptors (Lipinski definition) is 1. The fourth-order valence-electron chi connectivity index (χ4n) is 2.90. The molecule has 1 nitrogen and oxygen atoms in total. The predicted molar refractivity (Wildman–Crippen MR) is 70.6 cm³/mol. The van der Waals surface area contributed by atoms with Crippen LogP contribution in [0.15, 0.2) is 42.5 Å². The first-order valence-electron chi connectivity index (χ1n) is 6.43. The van der Waals surface area contributed by atoms with E-state index in [9.17, 15) is 8.78 Å². The Bertz CT molecular complexity index is 589. The van der Waals surface area contributed by atoms with Gasteiger partial charge >= 0.3 is 0 Å². The third-order valence-corrected chi connectivity index (χ3v) is 3.93. The minimum Gasteiger partial charge on any atom is -0.324 e. The van der Waals surface area contributed by atoms with Gasteiger partial charge in [-0.25, -0.2) is 8.78 Å². The van der Waals surface area contributed by atoms with Crippen molar-refractivity contribution in [1.29, 1.82) is 0 Å². The summed E-state index contributed by atoms with van der Waals surface area (Å²) in [6, 6.07) is 11.8. The SMILES string of the molecule is NC1c2ccccc2CC1Cc1c(F)cccc1F. The summed E-state index contributed by atoms with van der Waals surface area (Å²) in [5.74, 6) is -0.907. The van der Waals surface area contributed by atoms with Gasteiger partial charge in [0.25, 0.3) is 0 Å². The summed E-state index contributed by atoms with van der Waals surface area (Å²) in [5.41, 5.74) is 8.64. The molecule has 3 heteroatoms. The normalized spacial score (nSPS) is 21.4. The quantitative estimate of drug-likeness (QED) is 0.879. The first-order chi connectivity index (χ1) is 9.16. The molecule has 19 heavy (non-hydrogen) atoms. The Balaban J connectivity index is 1.87. The standard InChI is InChI=1S/C16H15F2N/c17-14-6-3-7-15(18)13(14)9-11-8-10-4-1-2-5-12(10)16(11)19/h1-7,11,16H,8-9,19H2. The Morgan fingerprint density at radius 2 is 1.68 bits per heavy atom. The van der Waals surface area contributed by atoms with Crippen LogP contribution < -0.4 is 5.73 Å². The summed E-state index contributed by atoms with van der Waals surface area (Å²) < 4.78 is 27.4. The second-order valence-corrected chi connectivity index (χ2v) is 5.09. The molecule has 0 bridgehead atoms. The van der Waals surface area contributed by atoms with E-state index < -0.39 is 11.6 Å². The van der Waals surface area contributed by atoms with E-state index in [0.29, 0.717) is 6.42 Å². The lowest BCUT2D eigenvalue weighted by atomic mass is 9.93. The van der Waals surface area contributed by atoms with Crippen molar-refractivity contribution in [2.24, 2.45) is 11.7 Å². The van der Waals surface area contributed by atoms with Gasteiger partial charge in [0.2, 0.25) is 0 Å². The zero-order valence-corrected chi connectivity index (χ0v) is 10.4. The van der Waals surface area contributed by atoms with Crippen molar-refractivity contribution in [3.05, 3.63) is 70.8 Å². The van der Waals surface area contributed by atoms with Crippen LogP contribution in [0.4, 0.5) is 8.78 Å². The Kier molecular flexibility index (Phi) is 3.07. The molecular weight excluding hydrogens is 244 g/mol. The number of nitrogens with two attached hydrogens (primary N) is 1. The largest absolute Gasteiger partial charge is 0.324 e. The summed E-state index contributed by atoms with van der Waals surface area (Å²) in [5, 5.41) is 0. The molecule has 0 saturated carbocycles. The van der Waals surface area contributed by atoms with E-state index in [4.69, 9.17) is 5.73 Å². The summed E-state index contributed by atoms with van der Waals surface area (Å²) in [7, 11) is 0. The van der Waals surface area contributed by atoms with Gasteiger partial charge in [-0.05, 0) is 42.0 Å². The molecule has 3 rings (SSSR count). The molecule has 0 amide bonds. The highest BCUT2D eigenvalue weighted by Crippen LogP contribution is 2.36. The smallest absolute Gasteiger partial charge is 0.129 e. The summed E-state index contributed by atoms with van der Waals surface area (Å²) in [6.45, 7) is 0. The highest BCUT2D eigenvalue weighted by molar-refractivity contribution is 5.36. The van der Waals surface area contributed by atoms with Crippen LogP contribution >= 0.6 is 0 Å². The zero-order chi connectivity index (χ0) is 13.4. The maximum absolute atomic E-state index is 13.7. The average molecular weight is 259 g/mol. The zero-order valence-electron chi connectivity index (χ0n) is 10.4. The Hall–Kier alpha value is -1.74. The monoisotopic (exact) mass is 259 g/mol. The van der Waals surface area contributed by atoms with Crippen LogP contribution in [0, 0.1) is 17.6 Å². The molecule has 2 unspecified atom stereocenters. The van der Waals surface area contributed by atoms with E-state index in [0.717, 1.165) is 12.0 Å². The summed E-state index contributed by atoms with van der Waals surface area (Å²) >= 11 is 0. The van der Waals surface area contributed by atoms with E-state index >= 15 is 0 Å². The van der Waals surface area contributed by atoms with Crippen molar-refractivity contribution < 1.29 is 8.78 Å². The van der Waals surface area contributed by atoms with Crippen LogP contribution in [0.5, 0.6) is 0 Å².